The molecular formula is C24H32N4O4S. The minimum absolute atomic E-state index is 0.150. The lowest BCUT2D eigenvalue weighted by atomic mass is 10.2. The minimum atomic E-state index is -3.42. The zero-order chi connectivity index (χ0) is 23.1. The van der Waals surface area contributed by atoms with Gasteiger partial charge in [0.2, 0.25) is 5.91 Å². The van der Waals surface area contributed by atoms with Crippen LogP contribution in [0.25, 0.3) is 0 Å². The first-order chi connectivity index (χ1) is 16.0. The number of nitrogens with one attached hydrogen (secondary N) is 1. The Bertz CT molecular complexity index is 1020. The van der Waals surface area contributed by atoms with Crippen molar-refractivity contribution in [1.29, 1.82) is 0 Å². The molecule has 2 heterocycles. The first-order valence-electron chi connectivity index (χ1n) is 11.6. The molecule has 1 N–H and O–H groups in total. The third kappa shape index (κ3) is 6.32. The van der Waals surface area contributed by atoms with Gasteiger partial charge >= 0.3 is 0 Å². The molecule has 0 bridgehead atoms. The Morgan fingerprint density at radius 1 is 0.788 bits per heavy atom. The zero-order valence-electron chi connectivity index (χ0n) is 18.9. The summed E-state index contributed by atoms with van der Waals surface area (Å²) in [7, 11) is -3.42. The van der Waals surface area contributed by atoms with E-state index >= 15 is 0 Å². The number of para-hydroxylation sites is 3. The summed E-state index contributed by atoms with van der Waals surface area (Å²) in [5, 5.41) is 2.93. The maximum absolute atomic E-state index is 13.0. The molecule has 0 unspecified atom stereocenters. The third-order valence-electron chi connectivity index (χ3n) is 6.05. The van der Waals surface area contributed by atoms with Gasteiger partial charge in [-0.2, -0.15) is 17.0 Å². The second-order valence-corrected chi connectivity index (χ2v) is 10.4. The maximum Gasteiger partial charge on any atom is 0.282 e. The lowest BCUT2D eigenvalue weighted by molar-refractivity contribution is -0.117. The van der Waals surface area contributed by atoms with E-state index in [4.69, 9.17) is 4.74 Å². The number of benzene rings is 2. The molecule has 33 heavy (non-hydrogen) atoms. The highest BCUT2D eigenvalue weighted by Crippen LogP contribution is 2.29. The summed E-state index contributed by atoms with van der Waals surface area (Å²) in [6.45, 7) is 3.28. The lowest BCUT2D eigenvalue weighted by Gasteiger charge is -2.36. The van der Waals surface area contributed by atoms with Gasteiger partial charge in [0.05, 0.1) is 12.2 Å². The molecule has 2 aliphatic rings. The molecular weight excluding hydrogens is 440 g/mol. The number of nitrogens with zero attached hydrogens (tertiary/aromatic N) is 3. The van der Waals surface area contributed by atoms with Crippen LogP contribution < -0.4 is 10.1 Å². The molecule has 2 saturated heterocycles. The molecule has 2 fully saturated rings. The van der Waals surface area contributed by atoms with E-state index in [9.17, 15) is 13.2 Å². The van der Waals surface area contributed by atoms with Crippen molar-refractivity contribution in [3.63, 3.8) is 0 Å². The van der Waals surface area contributed by atoms with Gasteiger partial charge in [0.1, 0.15) is 5.75 Å². The molecule has 0 aliphatic carbocycles. The summed E-state index contributed by atoms with van der Waals surface area (Å²) in [5.41, 5.74) is 0.605. The summed E-state index contributed by atoms with van der Waals surface area (Å²) < 4.78 is 35.1. The molecule has 9 heteroatoms. The van der Waals surface area contributed by atoms with E-state index in [1.165, 1.54) is 0 Å². The monoisotopic (exact) mass is 472 g/mol. The van der Waals surface area contributed by atoms with Crippen LogP contribution in [0.5, 0.6) is 11.5 Å². The smallest absolute Gasteiger partial charge is 0.282 e. The quantitative estimate of drug-likeness (QED) is 0.670. The molecule has 1 amide bonds. The fraction of sp³-hybridized carbons (Fsp3) is 0.458. The molecule has 8 nitrogen and oxygen atoms in total. The van der Waals surface area contributed by atoms with Crippen LogP contribution in [-0.2, 0) is 15.0 Å². The minimum Gasteiger partial charge on any atom is -0.455 e. The normalized spacial score (nSPS) is 19.0. The molecule has 0 radical (unpaired) electrons. The highest BCUT2D eigenvalue weighted by atomic mass is 32.2. The summed E-state index contributed by atoms with van der Waals surface area (Å²) in [5.74, 6) is 1.12. The zero-order valence-corrected chi connectivity index (χ0v) is 19.7. The summed E-state index contributed by atoms with van der Waals surface area (Å²) in [6.07, 6.45) is 4.03. The Morgan fingerprint density at radius 2 is 1.39 bits per heavy atom. The number of rotatable bonds is 7. The summed E-state index contributed by atoms with van der Waals surface area (Å²) in [4.78, 5) is 14.7. The van der Waals surface area contributed by atoms with E-state index in [-0.39, 0.29) is 12.5 Å². The fourth-order valence-electron chi connectivity index (χ4n) is 4.22. The van der Waals surface area contributed by atoms with Crippen molar-refractivity contribution in [1.82, 2.24) is 13.5 Å². The van der Waals surface area contributed by atoms with Gasteiger partial charge in [-0.15, -0.1) is 0 Å². The highest BCUT2D eigenvalue weighted by Gasteiger charge is 2.32. The summed E-state index contributed by atoms with van der Waals surface area (Å²) in [6, 6.07) is 16.7. The van der Waals surface area contributed by atoms with Gasteiger partial charge in [-0.3, -0.25) is 9.69 Å². The number of piperazine rings is 1. The Labute approximate surface area is 196 Å². The van der Waals surface area contributed by atoms with Crippen molar-refractivity contribution >= 4 is 21.8 Å². The molecule has 0 aromatic heterocycles. The van der Waals surface area contributed by atoms with Crippen LogP contribution in [0.15, 0.2) is 54.6 Å². The number of carbonyl (C=O) groups excluding carboxylic acids is 1. The van der Waals surface area contributed by atoms with Crippen LogP contribution in [0.2, 0.25) is 0 Å². The SMILES string of the molecule is O=C(CN1CCN(S(=O)(=O)N2CCCCCC2)CC1)Nc1ccccc1Oc1ccccc1. The van der Waals surface area contributed by atoms with Crippen LogP contribution in [0.1, 0.15) is 25.7 Å². The number of hydrogen-bond acceptors (Lipinski definition) is 5. The predicted molar refractivity (Wildman–Crippen MR) is 129 cm³/mol. The molecule has 178 valence electrons. The topological polar surface area (TPSA) is 82.2 Å². The van der Waals surface area contributed by atoms with E-state index < -0.39 is 10.2 Å². The van der Waals surface area contributed by atoms with Crippen molar-refractivity contribution in [3.8, 4) is 11.5 Å². The second-order valence-electron chi connectivity index (χ2n) is 8.46. The highest BCUT2D eigenvalue weighted by molar-refractivity contribution is 7.86. The fourth-order valence-corrected chi connectivity index (χ4v) is 5.89. The number of anilines is 1. The molecule has 2 aromatic rings. The molecule has 0 spiro atoms. The van der Waals surface area contributed by atoms with Crippen molar-refractivity contribution < 1.29 is 17.9 Å². The average molecular weight is 473 g/mol. The first kappa shape index (κ1) is 23.7. The molecule has 2 aromatic carbocycles. The average Bonchev–Trinajstić information content (AvgIpc) is 3.12. The van der Waals surface area contributed by atoms with Crippen molar-refractivity contribution in [2.75, 3.05) is 51.1 Å². The van der Waals surface area contributed by atoms with Crippen molar-refractivity contribution in [3.05, 3.63) is 54.6 Å². The molecule has 4 rings (SSSR count). The van der Waals surface area contributed by atoms with Crippen molar-refractivity contribution in [2.24, 2.45) is 0 Å². The Balaban J connectivity index is 1.29. The second kappa shape index (κ2) is 11.1. The first-order valence-corrected chi connectivity index (χ1v) is 13.0. The lowest BCUT2D eigenvalue weighted by Crippen LogP contribution is -2.54. The van der Waals surface area contributed by atoms with E-state index in [1.807, 2.05) is 59.5 Å². The van der Waals surface area contributed by atoms with Gasteiger partial charge in [0, 0.05) is 39.3 Å². The van der Waals surface area contributed by atoms with Crippen LogP contribution >= 0.6 is 0 Å². The van der Waals surface area contributed by atoms with Gasteiger partial charge in [-0.05, 0) is 37.1 Å². The number of carbonyl (C=O) groups is 1. The standard InChI is InChI=1S/C24H32N4O4S/c29-24(25-22-12-6-7-13-23(22)32-21-10-4-3-5-11-21)20-26-16-18-28(19-17-26)33(30,31)27-14-8-1-2-9-15-27/h3-7,10-13H,1-2,8-9,14-20H2,(H,25,29). The van der Waals surface area contributed by atoms with Crippen LogP contribution in [0.3, 0.4) is 0 Å². The van der Waals surface area contributed by atoms with Gasteiger partial charge in [0.25, 0.3) is 10.2 Å². The van der Waals surface area contributed by atoms with Crippen LogP contribution in [0.4, 0.5) is 5.69 Å². The molecule has 0 saturated carbocycles. The molecule has 0 atom stereocenters. The van der Waals surface area contributed by atoms with Gasteiger partial charge in [-0.25, -0.2) is 0 Å². The van der Waals surface area contributed by atoms with Gasteiger partial charge in [0.15, 0.2) is 5.75 Å². The van der Waals surface area contributed by atoms with Crippen LogP contribution in [0, 0.1) is 0 Å². The van der Waals surface area contributed by atoms with Gasteiger partial charge < -0.3 is 10.1 Å². The largest absolute Gasteiger partial charge is 0.455 e. The number of amides is 1. The number of hydrogen-bond donors (Lipinski definition) is 1. The van der Waals surface area contributed by atoms with E-state index in [0.717, 1.165) is 25.7 Å². The van der Waals surface area contributed by atoms with Crippen LogP contribution in [-0.4, -0.2) is 73.6 Å². The van der Waals surface area contributed by atoms with E-state index in [0.29, 0.717) is 56.5 Å². The summed E-state index contributed by atoms with van der Waals surface area (Å²) >= 11 is 0. The predicted octanol–water partition coefficient (Wildman–Crippen LogP) is 3.16. The molecule has 2 aliphatic heterocycles. The Hall–Kier alpha value is -2.46. The van der Waals surface area contributed by atoms with Gasteiger partial charge in [-0.1, -0.05) is 43.2 Å². The van der Waals surface area contributed by atoms with E-state index in [1.54, 1.807) is 8.61 Å². The van der Waals surface area contributed by atoms with Crippen molar-refractivity contribution in [2.45, 2.75) is 25.7 Å². The maximum atomic E-state index is 13.0. The Morgan fingerprint density at radius 3 is 2.09 bits per heavy atom. The number of ether oxygens (including phenoxy) is 1. The Kier molecular flexibility index (Phi) is 7.97. The third-order valence-corrected chi connectivity index (χ3v) is 8.08. The van der Waals surface area contributed by atoms with E-state index in [2.05, 4.69) is 5.32 Å².